The van der Waals surface area contributed by atoms with Gasteiger partial charge in [0.05, 0.1) is 11.4 Å². The Labute approximate surface area is 189 Å². The first-order valence-electron chi connectivity index (χ1n) is 10.8. The molecular weight excluding hydrogens is 402 g/mol. The Hall–Kier alpha value is -3.54. The van der Waals surface area contributed by atoms with Gasteiger partial charge in [-0.15, -0.1) is 0 Å². The van der Waals surface area contributed by atoms with E-state index in [2.05, 4.69) is 29.6 Å². The van der Waals surface area contributed by atoms with Crippen molar-refractivity contribution in [2.45, 2.75) is 45.8 Å². The molecule has 6 nitrogen and oxygen atoms in total. The van der Waals surface area contributed by atoms with E-state index in [4.69, 9.17) is 10.5 Å². The highest BCUT2D eigenvalue weighted by atomic mass is 16.6. The van der Waals surface area contributed by atoms with Gasteiger partial charge in [0, 0.05) is 19.5 Å². The molecule has 0 unspecified atom stereocenters. The summed E-state index contributed by atoms with van der Waals surface area (Å²) in [6, 6.07) is 21.4. The molecule has 0 spiro atoms. The van der Waals surface area contributed by atoms with Crippen LogP contribution in [-0.2, 0) is 16.1 Å². The quantitative estimate of drug-likeness (QED) is 0.477. The Morgan fingerprint density at radius 2 is 1.66 bits per heavy atom. The van der Waals surface area contributed by atoms with Crippen molar-refractivity contribution in [2.75, 3.05) is 17.6 Å². The van der Waals surface area contributed by atoms with Crippen LogP contribution in [0.1, 0.15) is 39.2 Å². The van der Waals surface area contributed by atoms with Crippen molar-refractivity contribution < 1.29 is 14.3 Å². The van der Waals surface area contributed by atoms with Crippen LogP contribution in [0.15, 0.2) is 66.7 Å². The lowest BCUT2D eigenvalue weighted by atomic mass is 10.1. The summed E-state index contributed by atoms with van der Waals surface area (Å²) in [5.74, 6) is -0.141. The van der Waals surface area contributed by atoms with Crippen molar-refractivity contribution in [3.63, 3.8) is 0 Å². The fourth-order valence-electron chi connectivity index (χ4n) is 3.37. The predicted octanol–water partition coefficient (Wildman–Crippen LogP) is 5.58. The molecule has 0 aromatic heterocycles. The minimum atomic E-state index is -0.596. The fourth-order valence-corrected chi connectivity index (χ4v) is 3.37. The van der Waals surface area contributed by atoms with Crippen LogP contribution in [0.2, 0.25) is 0 Å². The van der Waals surface area contributed by atoms with E-state index in [0.717, 1.165) is 16.3 Å². The Bertz CT molecular complexity index is 1090. The minimum Gasteiger partial charge on any atom is -0.444 e. The summed E-state index contributed by atoms with van der Waals surface area (Å²) in [7, 11) is 0. The molecule has 0 aliphatic carbocycles. The Balaban J connectivity index is 1.64. The maximum atomic E-state index is 12.8. The second-order valence-electron chi connectivity index (χ2n) is 8.82. The lowest BCUT2D eigenvalue weighted by Crippen LogP contribution is -2.37. The van der Waals surface area contributed by atoms with Crippen LogP contribution in [0.4, 0.5) is 16.2 Å². The Morgan fingerprint density at radius 3 is 2.38 bits per heavy atom. The molecule has 0 heterocycles. The molecule has 3 rings (SSSR count). The minimum absolute atomic E-state index is 0.141. The van der Waals surface area contributed by atoms with Gasteiger partial charge >= 0.3 is 6.09 Å². The number of hydrogen-bond donors (Lipinski definition) is 2. The molecule has 3 aromatic rings. The lowest BCUT2D eigenvalue weighted by molar-refractivity contribution is -0.116. The van der Waals surface area contributed by atoms with Gasteiger partial charge in [0.25, 0.3) is 0 Å². The van der Waals surface area contributed by atoms with Gasteiger partial charge in [-0.1, -0.05) is 48.5 Å². The number of nitrogens with one attached hydrogen (secondary N) is 1. The third-order valence-electron chi connectivity index (χ3n) is 4.91. The smallest absolute Gasteiger partial charge is 0.410 e. The largest absolute Gasteiger partial charge is 0.444 e. The predicted molar refractivity (Wildman–Crippen MR) is 129 cm³/mol. The molecule has 3 N–H and O–H groups in total. The third kappa shape index (κ3) is 6.74. The monoisotopic (exact) mass is 433 g/mol. The Morgan fingerprint density at radius 1 is 0.969 bits per heavy atom. The van der Waals surface area contributed by atoms with Gasteiger partial charge in [-0.3, -0.25) is 4.79 Å². The zero-order valence-electron chi connectivity index (χ0n) is 18.9. The number of anilines is 2. The average Bonchev–Trinajstić information content (AvgIpc) is 2.73. The number of carbonyl (C=O) groups is 2. The molecule has 32 heavy (non-hydrogen) atoms. The lowest BCUT2D eigenvalue weighted by Gasteiger charge is -2.27. The van der Waals surface area contributed by atoms with E-state index >= 15 is 0 Å². The number of nitrogens with zero attached hydrogens (tertiary/aromatic N) is 1. The van der Waals surface area contributed by atoms with Crippen molar-refractivity contribution >= 4 is 34.1 Å². The van der Waals surface area contributed by atoms with Crippen LogP contribution in [-0.4, -0.2) is 29.0 Å². The first-order chi connectivity index (χ1) is 15.2. The first kappa shape index (κ1) is 23.1. The van der Waals surface area contributed by atoms with Crippen LogP contribution in [0, 0.1) is 0 Å². The van der Waals surface area contributed by atoms with Gasteiger partial charge in [-0.25, -0.2) is 4.79 Å². The average molecular weight is 434 g/mol. The van der Waals surface area contributed by atoms with Crippen LogP contribution in [0.3, 0.4) is 0 Å². The van der Waals surface area contributed by atoms with E-state index in [1.165, 1.54) is 0 Å². The van der Waals surface area contributed by atoms with Gasteiger partial charge in [-0.2, -0.15) is 0 Å². The van der Waals surface area contributed by atoms with Crippen LogP contribution >= 0.6 is 0 Å². The van der Waals surface area contributed by atoms with Gasteiger partial charge < -0.3 is 20.7 Å². The molecule has 2 amide bonds. The SMILES string of the molecule is CC(C)(C)OC(=O)N(CCCC(=O)Nc1ccccc1N)Cc1ccc2ccccc2c1. The number of amides is 2. The topological polar surface area (TPSA) is 84.7 Å². The van der Waals surface area contributed by atoms with Gasteiger partial charge in [0.15, 0.2) is 0 Å². The van der Waals surface area contributed by atoms with Crippen LogP contribution in [0.5, 0.6) is 0 Å². The molecule has 0 fully saturated rings. The molecule has 0 radical (unpaired) electrons. The second kappa shape index (κ2) is 10.2. The number of carbonyl (C=O) groups excluding carboxylic acids is 2. The molecule has 0 saturated heterocycles. The molecule has 0 aliphatic rings. The van der Waals surface area contributed by atoms with Gasteiger partial charge in [0.2, 0.25) is 5.91 Å². The molecular formula is C26H31N3O3. The summed E-state index contributed by atoms with van der Waals surface area (Å²) >= 11 is 0. The highest BCUT2D eigenvalue weighted by molar-refractivity contribution is 5.93. The van der Waals surface area contributed by atoms with Gasteiger partial charge in [0.1, 0.15) is 5.60 Å². The number of nitrogens with two attached hydrogens (primary N) is 1. The highest BCUT2D eigenvalue weighted by Crippen LogP contribution is 2.20. The second-order valence-corrected chi connectivity index (χ2v) is 8.82. The van der Waals surface area contributed by atoms with E-state index in [0.29, 0.717) is 30.9 Å². The summed E-state index contributed by atoms with van der Waals surface area (Å²) in [6.07, 6.45) is 0.384. The van der Waals surface area contributed by atoms with E-state index < -0.39 is 11.7 Å². The zero-order valence-corrected chi connectivity index (χ0v) is 18.9. The van der Waals surface area contributed by atoms with Crippen molar-refractivity contribution in [1.82, 2.24) is 4.90 Å². The molecule has 0 atom stereocenters. The fraction of sp³-hybridized carbons (Fsp3) is 0.308. The third-order valence-corrected chi connectivity index (χ3v) is 4.91. The number of rotatable bonds is 7. The Kier molecular flexibility index (Phi) is 7.36. The van der Waals surface area contributed by atoms with Crippen LogP contribution < -0.4 is 11.1 Å². The van der Waals surface area contributed by atoms with Crippen molar-refractivity contribution in [3.8, 4) is 0 Å². The normalized spacial score (nSPS) is 11.2. The molecule has 0 aliphatic heterocycles. The van der Waals surface area contributed by atoms with Crippen molar-refractivity contribution in [2.24, 2.45) is 0 Å². The van der Waals surface area contributed by atoms with E-state index in [1.54, 1.807) is 17.0 Å². The maximum Gasteiger partial charge on any atom is 0.410 e. The molecule has 0 saturated carbocycles. The van der Waals surface area contributed by atoms with E-state index in [1.807, 2.05) is 51.1 Å². The number of benzene rings is 3. The standard InChI is InChI=1S/C26H31N3O3/c1-26(2,3)32-25(31)29(18-19-14-15-20-9-4-5-10-21(20)17-19)16-8-13-24(30)28-23-12-7-6-11-22(23)27/h4-7,9-12,14-15,17H,8,13,16,18,27H2,1-3H3,(H,28,30). The summed E-state index contributed by atoms with van der Waals surface area (Å²) in [5, 5.41) is 5.09. The number of fused-ring (bicyclic) bond motifs is 1. The summed E-state index contributed by atoms with van der Waals surface area (Å²) in [4.78, 5) is 26.8. The maximum absolute atomic E-state index is 12.8. The summed E-state index contributed by atoms with van der Waals surface area (Å²) in [5.41, 5.74) is 7.42. The molecule has 6 heteroatoms. The first-order valence-corrected chi connectivity index (χ1v) is 10.8. The summed E-state index contributed by atoms with van der Waals surface area (Å²) < 4.78 is 5.60. The van der Waals surface area contributed by atoms with Crippen LogP contribution in [0.25, 0.3) is 10.8 Å². The molecule has 0 bridgehead atoms. The molecule has 3 aromatic carbocycles. The number of nitrogen functional groups attached to an aromatic ring is 1. The van der Waals surface area contributed by atoms with Gasteiger partial charge in [-0.05, 0) is 61.7 Å². The zero-order chi connectivity index (χ0) is 23.1. The van der Waals surface area contributed by atoms with E-state index in [-0.39, 0.29) is 12.3 Å². The highest BCUT2D eigenvalue weighted by Gasteiger charge is 2.22. The molecule has 168 valence electrons. The van der Waals surface area contributed by atoms with E-state index in [9.17, 15) is 9.59 Å². The number of ether oxygens (including phenoxy) is 1. The van der Waals surface area contributed by atoms with Crippen molar-refractivity contribution in [1.29, 1.82) is 0 Å². The van der Waals surface area contributed by atoms with Crippen molar-refractivity contribution in [3.05, 3.63) is 72.3 Å². The number of hydrogen-bond acceptors (Lipinski definition) is 4. The summed E-state index contributed by atoms with van der Waals surface area (Å²) in [6.45, 7) is 6.34. The number of para-hydroxylation sites is 2.